The second kappa shape index (κ2) is 8.71. The second-order valence-corrected chi connectivity index (χ2v) is 7.67. The van der Waals surface area contributed by atoms with Gasteiger partial charge in [0.25, 0.3) is 0 Å². The second-order valence-electron chi connectivity index (χ2n) is 6.75. The number of fused-ring (bicyclic) bond motifs is 1. The maximum atomic E-state index is 10.4. The van der Waals surface area contributed by atoms with Crippen LogP contribution in [0.1, 0.15) is 25.0 Å². The lowest BCUT2D eigenvalue weighted by Crippen LogP contribution is -1.94. The van der Waals surface area contributed by atoms with E-state index in [0.29, 0.717) is 35.1 Å². The number of aromatic hydroxyl groups is 1. The molecule has 0 atom stereocenters. The van der Waals surface area contributed by atoms with Crippen LogP contribution in [0.25, 0.3) is 22.6 Å². The van der Waals surface area contributed by atoms with Gasteiger partial charge < -0.3 is 14.3 Å². The van der Waals surface area contributed by atoms with Crippen LogP contribution in [0.2, 0.25) is 0 Å². The smallest absolute Gasteiger partial charge is 0.227 e. The lowest BCUT2D eigenvalue weighted by Gasteiger charge is -2.08. The quantitative estimate of drug-likeness (QED) is 0.323. The number of halogens is 1. The van der Waals surface area contributed by atoms with E-state index < -0.39 is 0 Å². The van der Waals surface area contributed by atoms with Crippen LogP contribution in [0.3, 0.4) is 0 Å². The van der Waals surface area contributed by atoms with Crippen LogP contribution in [0.5, 0.6) is 11.5 Å². The van der Waals surface area contributed by atoms with E-state index in [9.17, 15) is 5.11 Å². The fourth-order valence-corrected chi connectivity index (χ4v) is 3.56. The van der Waals surface area contributed by atoms with Gasteiger partial charge in [-0.25, -0.2) is 4.98 Å². The fourth-order valence-electron chi connectivity index (χ4n) is 3.11. The highest BCUT2D eigenvalue weighted by molar-refractivity contribution is 9.10. The number of nitrogens with zero attached hydrogens (tertiary/aromatic N) is 2. The van der Waals surface area contributed by atoms with E-state index in [2.05, 4.69) is 45.0 Å². The molecule has 152 valence electrons. The van der Waals surface area contributed by atoms with E-state index in [1.807, 2.05) is 37.3 Å². The molecule has 4 rings (SSSR count). The zero-order valence-electron chi connectivity index (χ0n) is 16.7. The number of hydrogen-bond donors (Lipinski definition) is 1. The van der Waals surface area contributed by atoms with Crippen LogP contribution in [0.4, 0.5) is 5.69 Å². The Labute approximate surface area is 183 Å². The number of aromatic nitrogens is 1. The molecule has 0 bridgehead atoms. The van der Waals surface area contributed by atoms with Crippen LogP contribution < -0.4 is 4.74 Å². The van der Waals surface area contributed by atoms with Gasteiger partial charge in [-0.2, -0.15) is 0 Å². The van der Waals surface area contributed by atoms with Crippen molar-refractivity contribution in [3.8, 4) is 23.0 Å². The van der Waals surface area contributed by atoms with E-state index in [1.165, 1.54) is 5.56 Å². The molecule has 3 aromatic carbocycles. The number of hydrogen-bond acceptors (Lipinski definition) is 5. The molecule has 1 N–H and O–H groups in total. The normalized spacial score (nSPS) is 11.4. The van der Waals surface area contributed by atoms with Crippen molar-refractivity contribution >= 4 is 38.9 Å². The summed E-state index contributed by atoms with van der Waals surface area (Å²) in [5.41, 5.74) is 4.91. The number of phenols is 1. The lowest BCUT2D eigenvalue weighted by molar-refractivity contribution is 0.317. The Hall–Kier alpha value is -3.12. The van der Waals surface area contributed by atoms with Gasteiger partial charge in [-0.1, -0.05) is 35.0 Å². The Morgan fingerprint density at radius 3 is 2.63 bits per heavy atom. The molecule has 0 saturated carbocycles. The molecule has 5 nitrogen and oxygen atoms in total. The molecular weight excluding hydrogens is 444 g/mol. The van der Waals surface area contributed by atoms with Crippen LogP contribution >= 0.6 is 15.9 Å². The summed E-state index contributed by atoms with van der Waals surface area (Å²) in [5.74, 6) is 1.06. The third-order valence-electron chi connectivity index (χ3n) is 4.70. The minimum Gasteiger partial charge on any atom is -0.504 e. The number of ether oxygens (including phenoxy) is 1. The number of benzene rings is 3. The van der Waals surface area contributed by atoms with Crippen molar-refractivity contribution in [3.63, 3.8) is 0 Å². The zero-order valence-corrected chi connectivity index (χ0v) is 18.3. The Balaban J connectivity index is 1.62. The third kappa shape index (κ3) is 4.24. The molecule has 0 aliphatic carbocycles. The minimum atomic E-state index is 0.0594. The Kier molecular flexibility index (Phi) is 5.86. The molecule has 0 saturated heterocycles. The maximum Gasteiger partial charge on any atom is 0.227 e. The predicted octanol–water partition coefficient (Wildman–Crippen LogP) is 6.67. The summed E-state index contributed by atoms with van der Waals surface area (Å²) in [6.07, 6.45) is 2.60. The topological polar surface area (TPSA) is 67.9 Å². The zero-order chi connectivity index (χ0) is 21.1. The van der Waals surface area contributed by atoms with Gasteiger partial charge in [-0.05, 0) is 61.4 Å². The van der Waals surface area contributed by atoms with Crippen LogP contribution in [-0.2, 0) is 6.42 Å². The van der Waals surface area contributed by atoms with Crippen molar-refractivity contribution in [2.75, 3.05) is 6.61 Å². The first-order valence-electron chi connectivity index (χ1n) is 9.76. The monoisotopic (exact) mass is 464 g/mol. The molecule has 0 aliphatic heterocycles. The first-order valence-corrected chi connectivity index (χ1v) is 10.6. The summed E-state index contributed by atoms with van der Waals surface area (Å²) in [7, 11) is 0. The number of phenolic OH excluding ortho intramolecular Hbond substituents is 1. The summed E-state index contributed by atoms with van der Waals surface area (Å²) < 4.78 is 12.2. The number of aryl methyl sites for hydroxylation is 1. The van der Waals surface area contributed by atoms with Gasteiger partial charge in [0.05, 0.1) is 12.3 Å². The molecule has 1 heterocycles. The van der Waals surface area contributed by atoms with Crippen molar-refractivity contribution in [2.45, 2.75) is 20.3 Å². The van der Waals surface area contributed by atoms with Gasteiger partial charge in [-0.15, -0.1) is 0 Å². The molecular formula is C24H21BrN2O3. The standard InChI is InChI=1S/C24H21BrN2O3/c1-3-15-5-7-16(8-6-15)24-27-20-13-19(9-10-21(20)30-24)26-14-17-11-18(25)12-22(23(17)28)29-4-2/h5-14,28H,3-4H2,1-2H3. The molecule has 0 fully saturated rings. The molecule has 0 amide bonds. The number of aliphatic imine (C=N–C) groups is 1. The summed E-state index contributed by atoms with van der Waals surface area (Å²) in [6.45, 7) is 4.46. The SMILES string of the molecule is CCOc1cc(Br)cc(C=Nc2ccc3oc(-c4ccc(CC)cc4)nc3c2)c1O. The van der Waals surface area contributed by atoms with Gasteiger partial charge in [0.1, 0.15) is 5.52 Å². The summed E-state index contributed by atoms with van der Waals surface area (Å²) in [5, 5.41) is 10.4. The summed E-state index contributed by atoms with van der Waals surface area (Å²) in [6, 6.07) is 17.3. The largest absolute Gasteiger partial charge is 0.504 e. The van der Waals surface area contributed by atoms with Crippen molar-refractivity contribution in [3.05, 3.63) is 70.2 Å². The third-order valence-corrected chi connectivity index (χ3v) is 5.16. The van der Waals surface area contributed by atoms with Crippen molar-refractivity contribution in [2.24, 2.45) is 4.99 Å². The molecule has 0 unspecified atom stereocenters. The van der Waals surface area contributed by atoms with E-state index in [0.717, 1.165) is 22.0 Å². The highest BCUT2D eigenvalue weighted by Gasteiger charge is 2.10. The summed E-state index contributed by atoms with van der Waals surface area (Å²) in [4.78, 5) is 9.10. The molecule has 30 heavy (non-hydrogen) atoms. The van der Waals surface area contributed by atoms with E-state index in [1.54, 1.807) is 18.3 Å². The van der Waals surface area contributed by atoms with E-state index >= 15 is 0 Å². The number of oxazole rings is 1. The maximum absolute atomic E-state index is 10.4. The van der Waals surface area contributed by atoms with E-state index in [-0.39, 0.29) is 5.75 Å². The van der Waals surface area contributed by atoms with Gasteiger partial charge in [-0.3, -0.25) is 4.99 Å². The molecule has 4 aromatic rings. The molecule has 0 aliphatic rings. The van der Waals surface area contributed by atoms with Crippen molar-refractivity contribution < 1.29 is 14.3 Å². The van der Waals surface area contributed by atoms with Gasteiger partial charge in [0.2, 0.25) is 5.89 Å². The first-order chi connectivity index (χ1) is 14.6. The average Bonchev–Trinajstić information content (AvgIpc) is 3.18. The highest BCUT2D eigenvalue weighted by atomic mass is 79.9. The minimum absolute atomic E-state index is 0.0594. The van der Waals surface area contributed by atoms with Gasteiger partial charge >= 0.3 is 0 Å². The Morgan fingerprint density at radius 1 is 1.10 bits per heavy atom. The van der Waals surface area contributed by atoms with Crippen LogP contribution in [-0.4, -0.2) is 22.9 Å². The molecule has 0 spiro atoms. The van der Waals surface area contributed by atoms with Crippen LogP contribution in [0, 0.1) is 0 Å². The molecule has 6 heteroatoms. The van der Waals surface area contributed by atoms with Crippen molar-refractivity contribution in [1.29, 1.82) is 0 Å². The van der Waals surface area contributed by atoms with Crippen molar-refractivity contribution in [1.82, 2.24) is 4.98 Å². The fraction of sp³-hybridized carbons (Fsp3) is 0.167. The Morgan fingerprint density at radius 2 is 1.90 bits per heavy atom. The molecule has 0 radical (unpaired) electrons. The van der Waals surface area contributed by atoms with E-state index in [4.69, 9.17) is 9.15 Å². The van der Waals surface area contributed by atoms with Gasteiger partial charge in [0, 0.05) is 21.8 Å². The summed E-state index contributed by atoms with van der Waals surface area (Å²) >= 11 is 3.43. The first kappa shape index (κ1) is 20.2. The van der Waals surface area contributed by atoms with Gasteiger partial charge in [0.15, 0.2) is 17.1 Å². The highest BCUT2D eigenvalue weighted by Crippen LogP contribution is 2.33. The lowest BCUT2D eigenvalue weighted by atomic mass is 10.1. The average molecular weight is 465 g/mol. The Bertz CT molecular complexity index is 1210. The molecule has 1 aromatic heterocycles. The number of rotatable bonds is 6. The van der Waals surface area contributed by atoms with Crippen LogP contribution in [0.15, 0.2) is 68.5 Å². The predicted molar refractivity (Wildman–Crippen MR) is 123 cm³/mol.